The van der Waals surface area contributed by atoms with E-state index in [9.17, 15) is 4.39 Å². The van der Waals surface area contributed by atoms with Gasteiger partial charge in [-0.3, -0.25) is 0 Å². The third kappa shape index (κ3) is 3.84. The Hall–Kier alpha value is -1.79. The summed E-state index contributed by atoms with van der Waals surface area (Å²) in [6, 6.07) is 13.0. The molecule has 0 saturated carbocycles. The van der Waals surface area contributed by atoms with Crippen LogP contribution in [0.4, 0.5) is 10.1 Å². The van der Waals surface area contributed by atoms with Crippen molar-refractivity contribution in [3.63, 3.8) is 0 Å². The second kappa shape index (κ2) is 6.40. The minimum Gasteiger partial charge on any atom is -0.374 e. The van der Waals surface area contributed by atoms with Crippen molar-refractivity contribution in [1.29, 1.82) is 0 Å². The van der Waals surface area contributed by atoms with Crippen LogP contribution in [0.1, 0.15) is 11.1 Å². The van der Waals surface area contributed by atoms with Crippen molar-refractivity contribution in [2.75, 3.05) is 11.9 Å². The van der Waals surface area contributed by atoms with Crippen LogP contribution in [0.3, 0.4) is 0 Å². The summed E-state index contributed by atoms with van der Waals surface area (Å²) in [5.74, 6) is 5.79. The number of benzene rings is 2. The molecule has 3 heteroatoms. The van der Waals surface area contributed by atoms with E-state index in [0.29, 0.717) is 11.0 Å². The van der Waals surface area contributed by atoms with Gasteiger partial charge in [-0.1, -0.05) is 30.0 Å². The molecular weight excluding hydrogens is 305 g/mol. The standard InChI is InChI=1S/C16H13BrFN/c1-12-10-14(17)15(18)11-16(12)19-9-5-8-13-6-3-2-4-7-13/h2-4,6-7,10-11,19H,9H2,1H3. The van der Waals surface area contributed by atoms with Crippen molar-refractivity contribution in [2.24, 2.45) is 0 Å². The molecule has 0 bridgehead atoms. The van der Waals surface area contributed by atoms with E-state index < -0.39 is 0 Å². The van der Waals surface area contributed by atoms with Crippen molar-refractivity contribution in [2.45, 2.75) is 6.92 Å². The molecular formula is C16H13BrFN. The maximum atomic E-state index is 13.4. The lowest BCUT2D eigenvalue weighted by molar-refractivity contribution is 0.621. The lowest BCUT2D eigenvalue weighted by atomic mass is 10.2. The largest absolute Gasteiger partial charge is 0.374 e. The van der Waals surface area contributed by atoms with E-state index in [1.165, 1.54) is 6.07 Å². The maximum Gasteiger partial charge on any atom is 0.139 e. The van der Waals surface area contributed by atoms with Crippen LogP contribution in [0.25, 0.3) is 0 Å². The van der Waals surface area contributed by atoms with Crippen molar-refractivity contribution >= 4 is 21.6 Å². The lowest BCUT2D eigenvalue weighted by Crippen LogP contribution is -2.01. The predicted octanol–water partition coefficient (Wildman–Crippen LogP) is 4.36. The number of hydrogen-bond donors (Lipinski definition) is 1. The predicted molar refractivity (Wildman–Crippen MR) is 80.6 cm³/mol. The topological polar surface area (TPSA) is 12.0 Å². The zero-order valence-electron chi connectivity index (χ0n) is 10.5. The molecule has 19 heavy (non-hydrogen) atoms. The highest BCUT2D eigenvalue weighted by Gasteiger charge is 2.03. The molecule has 2 aromatic rings. The first-order valence-corrected chi connectivity index (χ1v) is 6.69. The summed E-state index contributed by atoms with van der Waals surface area (Å²) in [7, 11) is 0. The van der Waals surface area contributed by atoms with Gasteiger partial charge in [0.15, 0.2) is 0 Å². The molecule has 0 aliphatic heterocycles. The molecule has 2 rings (SSSR count). The van der Waals surface area contributed by atoms with Gasteiger partial charge in [0.05, 0.1) is 11.0 Å². The maximum absolute atomic E-state index is 13.4. The Bertz CT molecular complexity index is 626. The molecule has 0 spiro atoms. The van der Waals surface area contributed by atoms with Gasteiger partial charge in [0.2, 0.25) is 0 Å². The zero-order chi connectivity index (χ0) is 13.7. The van der Waals surface area contributed by atoms with Crippen LogP contribution in [0, 0.1) is 24.6 Å². The van der Waals surface area contributed by atoms with E-state index in [1.807, 2.05) is 37.3 Å². The first kappa shape index (κ1) is 13.6. The number of anilines is 1. The molecule has 96 valence electrons. The molecule has 0 radical (unpaired) electrons. The molecule has 0 atom stereocenters. The molecule has 0 aliphatic rings. The molecule has 2 aromatic carbocycles. The van der Waals surface area contributed by atoms with Crippen molar-refractivity contribution in [1.82, 2.24) is 0 Å². The number of aryl methyl sites for hydroxylation is 1. The quantitative estimate of drug-likeness (QED) is 0.811. The van der Waals surface area contributed by atoms with Gasteiger partial charge >= 0.3 is 0 Å². The van der Waals surface area contributed by atoms with Crippen LogP contribution in [0.15, 0.2) is 46.9 Å². The molecule has 0 aromatic heterocycles. The fraction of sp³-hybridized carbons (Fsp3) is 0.125. The second-order valence-electron chi connectivity index (χ2n) is 4.10. The number of rotatable bonds is 2. The van der Waals surface area contributed by atoms with Crippen LogP contribution < -0.4 is 5.32 Å². The highest BCUT2D eigenvalue weighted by Crippen LogP contribution is 2.23. The molecule has 0 aliphatic carbocycles. The fourth-order valence-electron chi connectivity index (χ4n) is 1.64. The Kier molecular flexibility index (Phi) is 4.59. The van der Waals surface area contributed by atoms with Gasteiger partial charge in [-0.25, -0.2) is 4.39 Å². The van der Waals surface area contributed by atoms with Crippen LogP contribution in [-0.4, -0.2) is 6.54 Å². The van der Waals surface area contributed by atoms with Crippen LogP contribution >= 0.6 is 15.9 Å². The van der Waals surface area contributed by atoms with Crippen molar-refractivity contribution in [3.8, 4) is 11.8 Å². The summed E-state index contributed by atoms with van der Waals surface area (Å²) >= 11 is 3.16. The van der Waals surface area contributed by atoms with Crippen molar-refractivity contribution < 1.29 is 4.39 Å². The Morgan fingerprint density at radius 1 is 1.21 bits per heavy atom. The minimum atomic E-state index is -0.274. The van der Waals surface area contributed by atoms with Gasteiger partial charge < -0.3 is 5.32 Å². The van der Waals surface area contributed by atoms with E-state index >= 15 is 0 Å². The first-order valence-electron chi connectivity index (χ1n) is 5.90. The third-order valence-electron chi connectivity index (χ3n) is 2.64. The highest BCUT2D eigenvalue weighted by atomic mass is 79.9. The Balaban J connectivity index is 2.01. The summed E-state index contributed by atoms with van der Waals surface area (Å²) < 4.78 is 13.9. The van der Waals surface area contributed by atoms with E-state index in [1.54, 1.807) is 6.07 Å². The Labute approximate surface area is 121 Å². The molecule has 0 fully saturated rings. The second-order valence-corrected chi connectivity index (χ2v) is 4.96. The number of nitrogens with one attached hydrogen (secondary N) is 1. The van der Waals surface area contributed by atoms with Crippen LogP contribution in [-0.2, 0) is 0 Å². The van der Waals surface area contributed by atoms with Crippen LogP contribution in [0.2, 0.25) is 0 Å². The zero-order valence-corrected chi connectivity index (χ0v) is 12.1. The Morgan fingerprint density at radius 3 is 2.68 bits per heavy atom. The molecule has 0 saturated heterocycles. The van der Waals surface area contributed by atoms with Gasteiger partial charge in [0, 0.05) is 11.3 Å². The molecule has 0 amide bonds. The van der Waals surface area contributed by atoms with Crippen LogP contribution in [0.5, 0.6) is 0 Å². The van der Waals surface area contributed by atoms with Gasteiger partial charge in [0.1, 0.15) is 5.82 Å². The molecule has 0 unspecified atom stereocenters. The average Bonchev–Trinajstić information content (AvgIpc) is 2.41. The summed E-state index contributed by atoms with van der Waals surface area (Å²) in [6.07, 6.45) is 0. The normalized spacial score (nSPS) is 9.63. The molecule has 0 heterocycles. The SMILES string of the molecule is Cc1cc(Br)c(F)cc1NCC#Cc1ccccc1. The highest BCUT2D eigenvalue weighted by molar-refractivity contribution is 9.10. The van der Waals surface area contributed by atoms with Gasteiger partial charge in [-0.15, -0.1) is 0 Å². The van der Waals surface area contributed by atoms with E-state index in [2.05, 4.69) is 33.1 Å². The lowest BCUT2D eigenvalue weighted by Gasteiger charge is -2.07. The van der Waals surface area contributed by atoms with E-state index in [-0.39, 0.29) is 5.82 Å². The van der Waals surface area contributed by atoms with Gasteiger partial charge in [0.25, 0.3) is 0 Å². The van der Waals surface area contributed by atoms with E-state index in [0.717, 1.165) is 16.8 Å². The summed E-state index contributed by atoms with van der Waals surface area (Å²) in [5, 5.41) is 3.12. The number of hydrogen-bond acceptors (Lipinski definition) is 1. The smallest absolute Gasteiger partial charge is 0.139 e. The monoisotopic (exact) mass is 317 g/mol. The summed E-state index contributed by atoms with van der Waals surface area (Å²) in [6.45, 7) is 2.41. The number of halogens is 2. The minimum absolute atomic E-state index is 0.274. The van der Waals surface area contributed by atoms with Gasteiger partial charge in [-0.2, -0.15) is 0 Å². The Morgan fingerprint density at radius 2 is 1.95 bits per heavy atom. The molecule has 1 N–H and O–H groups in total. The molecule has 1 nitrogen and oxygen atoms in total. The van der Waals surface area contributed by atoms with Gasteiger partial charge in [-0.05, 0) is 52.7 Å². The van der Waals surface area contributed by atoms with E-state index in [4.69, 9.17) is 0 Å². The third-order valence-corrected chi connectivity index (χ3v) is 3.25. The summed E-state index contributed by atoms with van der Waals surface area (Å²) in [4.78, 5) is 0. The van der Waals surface area contributed by atoms with Crippen molar-refractivity contribution in [3.05, 3.63) is 63.9 Å². The fourth-order valence-corrected chi connectivity index (χ4v) is 2.10. The average molecular weight is 318 g/mol. The summed E-state index contributed by atoms with van der Waals surface area (Å²) in [5.41, 5.74) is 2.72. The first-order chi connectivity index (χ1) is 9.16.